The van der Waals surface area contributed by atoms with Crippen LogP contribution in [0.2, 0.25) is 0 Å². The first-order valence-corrected chi connectivity index (χ1v) is 18.3. The van der Waals surface area contributed by atoms with Crippen molar-refractivity contribution in [2.24, 2.45) is 5.92 Å². The third-order valence-electron chi connectivity index (χ3n) is 10.6. The van der Waals surface area contributed by atoms with E-state index in [-0.39, 0.29) is 29.8 Å². The van der Waals surface area contributed by atoms with E-state index in [9.17, 15) is 29.7 Å². The Morgan fingerprint density at radius 2 is 1.68 bits per heavy atom. The van der Waals surface area contributed by atoms with Gasteiger partial charge in [-0.2, -0.15) is 0 Å². The van der Waals surface area contributed by atoms with E-state index in [2.05, 4.69) is 20.5 Å². The Balaban J connectivity index is 0.933. The van der Waals surface area contributed by atoms with Gasteiger partial charge >= 0.3 is 6.09 Å². The summed E-state index contributed by atoms with van der Waals surface area (Å²) in [7, 11) is 0. The fourth-order valence-electron chi connectivity index (χ4n) is 7.84. The van der Waals surface area contributed by atoms with E-state index in [0.717, 1.165) is 54.7 Å². The van der Waals surface area contributed by atoms with Crippen LogP contribution in [0, 0.1) is 5.92 Å². The maximum absolute atomic E-state index is 12.9. The number of aromatic amines is 1. The molecule has 5 aromatic rings. The van der Waals surface area contributed by atoms with E-state index in [1.54, 1.807) is 17.0 Å². The molecule has 11 heteroatoms. The molecule has 0 aliphatic carbocycles. The van der Waals surface area contributed by atoms with Crippen molar-refractivity contribution in [2.45, 2.75) is 50.8 Å². The highest BCUT2D eigenvalue weighted by Gasteiger charge is 2.40. The molecular formula is C42H45N5O6. The summed E-state index contributed by atoms with van der Waals surface area (Å²) in [5.74, 6) is 0.195. The number of anilines is 2. The summed E-state index contributed by atoms with van der Waals surface area (Å²) in [5, 5.41) is 38.3. The predicted octanol–water partition coefficient (Wildman–Crippen LogP) is 6.26. The van der Waals surface area contributed by atoms with E-state index in [1.165, 1.54) is 12.1 Å². The smallest absolute Gasteiger partial charge is 0.412 e. The van der Waals surface area contributed by atoms with Gasteiger partial charge < -0.3 is 35.8 Å². The molecule has 274 valence electrons. The summed E-state index contributed by atoms with van der Waals surface area (Å²) < 4.78 is 0. The molecule has 0 radical (unpaired) electrons. The van der Waals surface area contributed by atoms with Gasteiger partial charge in [0.15, 0.2) is 0 Å². The van der Waals surface area contributed by atoms with Gasteiger partial charge in [0.1, 0.15) is 5.75 Å². The van der Waals surface area contributed by atoms with Gasteiger partial charge in [0.05, 0.1) is 23.3 Å². The van der Waals surface area contributed by atoms with E-state index in [4.69, 9.17) is 0 Å². The quantitative estimate of drug-likeness (QED) is 0.0834. The lowest BCUT2D eigenvalue weighted by molar-refractivity contribution is -0.116. The van der Waals surface area contributed by atoms with Crippen molar-refractivity contribution in [2.75, 3.05) is 36.4 Å². The number of nitrogens with one attached hydrogen (secondary N) is 3. The summed E-state index contributed by atoms with van der Waals surface area (Å²) >= 11 is 0. The summed E-state index contributed by atoms with van der Waals surface area (Å²) in [4.78, 5) is 44.1. The molecule has 6 N–H and O–H groups in total. The number of carbonyl (C=O) groups excluding carboxylic acids is 1. The Kier molecular flexibility index (Phi) is 10.9. The minimum atomic E-state index is -0.931. The third-order valence-corrected chi connectivity index (χ3v) is 10.6. The number of fused-ring (bicyclic) bond motifs is 4. The van der Waals surface area contributed by atoms with Crippen LogP contribution in [-0.2, 0) is 17.8 Å². The van der Waals surface area contributed by atoms with Crippen LogP contribution in [-0.4, -0.2) is 69.4 Å². The number of aromatic hydroxyl groups is 1. The second kappa shape index (κ2) is 16.0. The number of rotatable bonds is 13. The van der Waals surface area contributed by atoms with Crippen molar-refractivity contribution in [1.82, 2.24) is 15.2 Å². The Bertz CT molecular complexity index is 2130. The number of nitrogens with zero attached hydrogens (tertiary/aromatic N) is 2. The number of benzene rings is 4. The Morgan fingerprint density at radius 3 is 2.40 bits per heavy atom. The molecule has 2 amide bonds. The Hall–Kier alpha value is -5.49. The van der Waals surface area contributed by atoms with Crippen LogP contribution >= 0.6 is 0 Å². The maximum Gasteiger partial charge on any atom is 0.412 e. The standard InChI is InChI=1S/C42H45N5O6/c48-37-17-15-33(34-16-18-40(51)45-41(34)37)38(49)25-43-24-28-9-12-31(13-10-28)44-39(50)8-4-5-27-11-14-32(29-6-2-1-3-7-29)35(23-27)47(42(52)53)36-26-46-21-19-30(36)20-22-46/h1-3,6-7,9-18,23,30,36,38,43,48-49H,4-5,8,19-22,24-26H2,(H,44,50)(H,45,51)(H,52,53)/t36?,38-/m0/s1. The molecule has 2 atom stereocenters. The van der Waals surface area contributed by atoms with Crippen LogP contribution in [0.4, 0.5) is 16.2 Å². The number of phenolic OH excluding ortho intramolecular Hbond substituents is 1. The van der Waals surface area contributed by atoms with Crippen molar-refractivity contribution in [3.05, 3.63) is 124 Å². The molecule has 3 saturated heterocycles. The molecule has 4 heterocycles. The van der Waals surface area contributed by atoms with Gasteiger partial charge in [0.2, 0.25) is 11.5 Å². The maximum atomic E-state index is 12.9. The normalized spacial score (nSPS) is 18.5. The van der Waals surface area contributed by atoms with Crippen LogP contribution in [0.15, 0.2) is 102 Å². The average Bonchev–Trinajstić information content (AvgIpc) is 3.17. The minimum absolute atomic E-state index is 0.0553. The predicted molar refractivity (Wildman–Crippen MR) is 206 cm³/mol. The summed E-state index contributed by atoms with van der Waals surface area (Å²) in [6.07, 6.45) is 1.80. The van der Waals surface area contributed by atoms with Crippen LogP contribution < -0.4 is 21.1 Å². The van der Waals surface area contributed by atoms with Crippen molar-refractivity contribution >= 4 is 34.3 Å². The zero-order valence-electron chi connectivity index (χ0n) is 29.5. The number of hydrogen-bond donors (Lipinski definition) is 6. The Labute approximate surface area is 307 Å². The molecule has 3 aliphatic heterocycles. The number of pyridine rings is 1. The number of H-pyrrole nitrogens is 1. The molecule has 2 bridgehead atoms. The third kappa shape index (κ3) is 8.28. The summed E-state index contributed by atoms with van der Waals surface area (Å²) in [6, 6.07) is 29.5. The van der Waals surface area contributed by atoms with Gasteiger partial charge in [-0.3, -0.25) is 14.5 Å². The van der Waals surface area contributed by atoms with Crippen molar-refractivity contribution in [1.29, 1.82) is 0 Å². The zero-order chi connectivity index (χ0) is 36.9. The number of aliphatic hydroxyl groups excluding tert-OH is 1. The second-order valence-corrected chi connectivity index (χ2v) is 14.1. The zero-order valence-corrected chi connectivity index (χ0v) is 29.5. The number of carbonyl (C=O) groups is 2. The van der Waals surface area contributed by atoms with Crippen LogP contribution in [0.5, 0.6) is 5.75 Å². The van der Waals surface area contributed by atoms with E-state index < -0.39 is 12.2 Å². The highest BCUT2D eigenvalue weighted by atomic mass is 16.4. The van der Waals surface area contributed by atoms with E-state index in [0.29, 0.717) is 59.6 Å². The van der Waals surface area contributed by atoms with Gasteiger partial charge in [-0.05, 0) is 97.3 Å². The topological polar surface area (TPSA) is 158 Å². The molecule has 3 fully saturated rings. The number of piperidine rings is 3. The summed E-state index contributed by atoms with van der Waals surface area (Å²) in [5.41, 5.74) is 5.78. The molecular weight excluding hydrogens is 670 g/mol. The fourth-order valence-corrected chi connectivity index (χ4v) is 7.84. The highest BCUT2D eigenvalue weighted by molar-refractivity contribution is 5.94. The van der Waals surface area contributed by atoms with Gasteiger partial charge in [0, 0.05) is 48.8 Å². The van der Waals surface area contributed by atoms with Crippen LogP contribution in [0.25, 0.3) is 22.0 Å². The van der Waals surface area contributed by atoms with Crippen molar-refractivity contribution in [3.63, 3.8) is 0 Å². The number of aliphatic hydroxyl groups is 1. The fraction of sp³-hybridized carbons (Fsp3) is 0.310. The number of aromatic nitrogens is 1. The molecule has 4 aromatic carbocycles. The SMILES string of the molecule is O=C(CCCc1ccc(-c2ccccc2)c(N(C(=O)O)C2CN3CCC2CC3)c1)Nc1ccc(CNC[C@H](O)c2ccc(O)c3[nH]c(=O)ccc23)cc1. The molecule has 3 aliphatic rings. The molecule has 1 aromatic heterocycles. The lowest BCUT2D eigenvalue weighted by atomic mass is 9.82. The highest BCUT2D eigenvalue weighted by Crippen LogP contribution is 2.39. The first kappa shape index (κ1) is 35.9. The van der Waals surface area contributed by atoms with Gasteiger partial charge in [-0.1, -0.05) is 60.7 Å². The van der Waals surface area contributed by atoms with Crippen molar-refractivity contribution in [3.8, 4) is 16.9 Å². The van der Waals surface area contributed by atoms with Gasteiger partial charge in [-0.25, -0.2) is 4.79 Å². The monoisotopic (exact) mass is 715 g/mol. The van der Waals surface area contributed by atoms with E-state index in [1.807, 2.05) is 72.8 Å². The van der Waals surface area contributed by atoms with Crippen LogP contribution in [0.3, 0.4) is 0 Å². The molecule has 0 spiro atoms. The van der Waals surface area contributed by atoms with E-state index >= 15 is 0 Å². The Morgan fingerprint density at radius 1 is 0.925 bits per heavy atom. The number of aryl methyl sites for hydroxylation is 1. The summed E-state index contributed by atoms with van der Waals surface area (Å²) in [6.45, 7) is 3.55. The minimum Gasteiger partial charge on any atom is -0.506 e. The van der Waals surface area contributed by atoms with Crippen molar-refractivity contribution < 1.29 is 24.9 Å². The molecule has 0 saturated carbocycles. The number of carboxylic acid groups (broad SMARTS) is 1. The molecule has 8 rings (SSSR count). The first-order chi connectivity index (χ1) is 25.7. The second-order valence-electron chi connectivity index (χ2n) is 14.1. The lowest BCUT2D eigenvalue weighted by Gasteiger charge is -2.48. The lowest BCUT2D eigenvalue weighted by Crippen LogP contribution is -2.59. The molecule has 11 nitrogen and oxygen atoms in total. The number of amides is 2. The van der Waals surface area contributed by atoms with Gasteiger partial charge in [0.25, 0.3) is 0 Å². The average molecular weight is 716 g/mol. The van der Waals surface area contributed by atoms with Gasteiger partial charge in [-0.15, -0.1) is 0 Å². The number of hydrogen-bond acceptors (Lipinski definition) is 7. The largest absolute Gasteiger partial charge is 0.506 e. The molecule has 1 unspecified atom stereocenters. The van der Waals surface area contributed by atoms with Crippen LogP contribution in [0.1, 0.15) is 48.5 Å². The number of phenols is 1. The first-order valence-electron chi connectivity index (χ1n) is 18.3. The molecule has 53 heavy (non-hydrogen) atoms.